The molecule has 0 N–H and O–H groups in total. The van der Waals surface area contributed by atoms with Gasteiger partial charge < -0.3 is 4.90 Å². The Balaban J connectivity index is 1.79. The van der Waals surface area contributed by atoms with Gasteiger partial charge in [0.05, 0.1) is 0 Å². The van der Waals surface area contributed by atoms with Crippen LogP contribution < -0.4 is 0 Å². The summed E-state index contributed by atoms with van der Waals surface area (Å²) in [7, 11) is 0. The SMILES string of the molecule is [11CH3]c1cnccc1CN1C[C@@H](c2cc(F)c(F)c(F)c2)CC1=O. The van der Waals surface area contributed by atoms with Crippen LogP contribution in [0.25, 0.3) is 0 Å². The molecule has 2 aromatic rings. The summed E-state index contributed by atoms with van der Waals surface area (Å²) in [5, 5.41) is 0. The van der Waals surface area contributed by atoms with E-state index in [0.29, 0.717) is 18.7 Å². The van der Waals surface area contributed by atoms with Gasteiger partial charge in [0.2, 0.25) is 5.91 Å². The first-order valence-electron chi connectivity index (χ1n) is 7.27. The fourth-order valence-electron chi connectivity index (χ4n) is 2.84. The highest BCUT2D eigenvalue weighted by atomic mass is 19.2. The molecule has 0 unspecified atom stereocenters. The van der Waals surface area contributed by atoms with Gasteiger partial charge in [-0.3, -0.25) is 9.78 Å². The van der Waals surface area contributed by atoms with Crippen molar-refractivity contribution in [1.82, 2.24) is 9.88 Å². The standard InChI is InChI=1S/C17H15F3N2O/c1-10-7-21-3-2-11(10)8-22-9-13(6-16(22)23)12-4-14(18)17(20)15(19)5-12/h2-5,7,13H,6,8-9H2,1H3/t13-/m0/s1/i1-1. The number of aryl methyl sites for hydroxylation is 1. The molecule has 0 aliphatic carbocycles. The minimum Gasteiger partial charge on any atom is -0.338 e. The third-order valence-electron chi connectivity index (χ3n) is 4.19. The maximum atomic E-state index is 13.4. The minimum absolute atomic E-state index is 0.0867. The van der Waals surface area contributed by atoms with Crippen molar-refractivity contribution < 1.29 is 18.0 Å². The molecule has 1 atom stereocenters. The van der Waals surface area contributed by atoms with E-state index in [0.717, 1.165) is 23.3 Å². The maximum absolute atomic E-state index is 13.4. The van der Waals surface area contributed by atoms with Crippen LogP contribution in [0, 0.1) is 24.4 Å². The van der Waals surface area contributed by atoms with Crippen LogP contribution in [-0.4, -0.2) is 22.3 Å². The van der Waals surface area contributed by atoms with E-state index in [2.05, 4.69) is 4.98 Å². The van der Waals surface area contributed by atoms with E-state index in [1.165, 1.54) is 0 Å². The van der Waals surface area contributed by atoms with Crippen LogP contribution in [0.2, 0.25) is 0 Å². The molecule has 1 aromatic heterocycles. The molecule has 0 bridgehead atoms. The quantitative estimate of drug-likeness (QED) is 0.813. The normalized spacial score (nSPS) is 17.8. The predicted octanol–water partition coefficient (Wildman–Crippen LogP) is 3.32. The van der Waals surface area contributed by atoms with E-state index in [-0.39, 0.29) is 18.2 Å². The highest BCUT2D eigenvalue weighted by Crippen LogP contribution is 2.31. The maximum Gasteiger partial charge on any atom is 0.223 e. The Morgan fingerprint density at radius 1 is 1.26 bits per heavy atom. The Morgan fingerprint density at radius 3 is 2.61 bits per heavy atom. The van der Waals surface area contributed by atoms with Crippen molar-refractivity contribution in [3.05, 3.63) is 64.7 Å². The molecule has 0 spiro atoms. The summed E-state index contributed by atoms with van der Waals surface area (Å²) in [5.74, 6) is -4.36. The number of carbonyl (C=O) groups excluding carboxylic acids is 1. The molecule has 3 nitrogen and oxygen atoms in total. The zero-order valence-corrected chi connectivity index (χ0v) is 12.5. The van der Waals surface area contributed by atoms with Crippen LogP contribution in [0.3, 0.4) is 0 Å². The number of pyridine rings is 1. The fourth-order valence-corrected chi connectivity index (χ4v) is 2.84. The summed E-state index contributed by atoms with van der Waals surface area (Å²) < 4.78 is 39.8. The summed E-state index contributed by atoms with van der Waals surface area (Å²) in [5.41, 5.74) is 2.26. The van der Waals surface area contributed by atoms with Gasteiger partial charge in [0.15, 0.2) is 17.5 Å². The summed E-state index contributed by atoms with van der Waals surface area (Å²) >= 11 is 0. The van der Waals surface area contributed by atoms with Crippen LogP contribution in [0.5, 0.6) is 0 Å². The fraction of sp³-hybridized carbons (Fsp3) is 0.294. The molecular weight excluding hydrogens is 304 g/mol. The van der Waals surface area contributed by atoms with Gasteiger partial charge in [-0.1, -0.05) is 0 Å². The smallest absolute Gasteiger partial charge is 0.223 e. The number of halogens is 3. The molecule has 2 heterocycles. The second-order valence-electron chi connectivity index (χ2n) is 5.78. The number of nitrogens with zero attached hydrogens (tertiary/aromatic N) is 2. The number of hydrogen-bond donors (Lipinski definition) is 0. The van der Waals surface area contributed by atoms with Gasteiger partial charge >= 0.3 is 0 Å². The molecule has 1 fully saturated rings. The first-order valence-corrected chi connectivity index (χ1v) is 7.27. The average Bonchev–Trinajstić information content (AvgIpc) is 2.88. The Morgan fingerprint density at radius 2 is 1.96 bits per heavy atom. The van der Waals surface area contributed by atoms with E-state index in [1.807, 2.05) is 13.0 Å². The van der Waals surface area contributed by atoms with Crippen molar-refractivity contribution in [2.75, 3.05) is 6.54 Å². The molecule has 3 rings (SSSR count). The lowest BCUT2D eigenvalue weighted by Crippen LogP contribution is -2.24. The third-order valence-corrected chi connectivity index (χ3v) is 4.19. The lowest BCUT2D eigenvalue weighted by molar-refractivity contribution is -0.128. The number of hydrogen-bond acceptors (Lipinski definition) is 2. The zero-order chi connectivity index (χ0) is 16.6. The van der Waals surface area contributed by atoms with E-state index in [4.69, 9.17) is 0 Å². The predicted molar refractivity (Wildman–Crippen MR) is 78.1 cm³/mol. The minimum atomic E-state index is -1.48. The van der Waals surface area contributed by atoms with E-state index in [9.17, 15) is 18.0 Å². The average molecular weight is 319 g/mol. The molecular formula is C17H15F3N2O. The van der Waals surface area contributed by atoms with Crippen molar-refractivity contribution in [1.29, 1.82) is 0 Å². The lowest BCUT2D eigenvalue weighted by atomic mass is 9.97. The molecule has 6 heteroatoms. The third kappa shape index (κ3) is 3.06. The van der Waals surface area contributed by atoms with Crippen molar-refractivity contribution in [3.63, 3.8) is 0 Å². The molecule has 23 heavy (non-hydrogen) atoms. The topological polar surface area (TPSA) is 33.2 Å². The summed E-state index contributed by atoms with van der Waals surface area (Å²) in [6, 6.07) is 3.78. The van der Waals surface area contributed by atoms with Gasteiger partial charge in [-0.15, -0.1) is 0 Å². The van der Waals surface area contributed by atoms with E-state index < -0.39 is 17.5 Å². The van der Waals surface area contributed by atoms with Crippen molar-refractivity contribution in [2.24, 2.45) is 0 Å². The number of rotatable bonds is 3. The summed E-state index contributed by atoms with van der Waals surface area (Å²) in [6.45, 7) is 2.69. The molecule has 0 radical (unpaired) electrons. The summed E-state index contributed by atoms with van der Waals surface area (Å²) in [6.07, 6.45) is 3.54. The van der Waals surface area contributed by atoms with Crippen molar-refractivity contribution in [3.8, 4) is 0 Å². The Bertz CT molecular complexity index is 740. The first-order chi connectivity index (χ1) is 11.0. The van der Waals surface area contributed by atoms with E-state index in [1.54, 1.807) is 17.3 Å². The molecule has 1 saturated heterocycles. The van der Waals surface area contributed by atoms with Gasteiger partial charge in [-0.2, -0.15) is 0 Å². The monoisotopic (exact) mass is 319 g/mol. The molecule has 120 valence electrons. The molecule has 1 aromatic carbocycles. The van der Waals surface area contributed by atoms with Crippen LogP contribution in [-0.2, 0) is 11.3 Å². The van der Waals surface area contributed by atoms with Gasteiger partial charge in [0.1, 0.15) is 0 Å². The van der Waals surface area contributed by atoms with E-state index >= 15 is 0 Å². The van der Waals surface area contributed by atoms with Crippen LogP contribution in [0.4, 0.5) is 13.2 Å². The number of likely N-dealkylation sites (tertiary alicyclic amines) is 1. The number of aromatic nitrogens is 1. The van der Waals surface area contributed by atoms with Crippen LogP contribution >= 0.6 is 0 Å². The Hall–Kier alpha value is -2.37. The Labute approximate surface area is 131 Å². The number of carbonyl (C=O) groups is 1. The second kappa shape index (κ2) is 6.02. The summed E-state index contributed by atoms with van der Waals surface area (Å²) in [4.78, 5) is 17.8. The highest BCUT2D eigenvalue weighted by Gasteiger charge is 2.31. The second-order valence-corrected chi connectivity index (χ2v) is 5.78. The largest absolute Gasteiger partial charge is 0.338 e. The van der Waals surface area contributed by atoms with Crippen molar-refractivity contribution in [2.45, 2.75) is 25.8 Å². The highest BCUT2D eigenvalue weighted by molar-refractivity contribution is 5.79. The van der Waals surface area contributed by atoms with Crippen LogP contribution in [0.15, 0.2) is 30.6 Å². The lowest BCUT2D eigenvalue weighted by Gasteiger charge is -2.18. The molecule has 1 aliphatic heterocycles. The number of amides is 1. The zero-order valence-electron chi connectivity index (χ0n) is 12.5. The van der Waals surface area contributed by atoms with Gasteiger partial charge in [0, 0.05) is 37.8 Å². The Kier molecular flexibility index (Phi) is 4.07. The number of benzene rings is 1. The van der Waals surface area contributed by atoms with Gasteiger partial charge in [-0.05, 0) is 41.8 Å². The van der Waals surface area contributed by atoms with Crippen LogP contribution in [0.1, 0.15) is 29.0 Å². The van der Waals surface area contributed by atoms with Gasteiger partial charge in [0.25, 0.3) is 0 Å². The van der Waals surface area contributed by atoms with Gasteiger partial charge in [-0.25, -0.2) is 13.2 Å². The van der Waals surface area contributed by atoms with Crippen molar-refractivity contribution >= 4 is 5.91 Å². The first kappa shape index (κ1) is 15.5. The molecule has 0 saturated carbocycles. The molecule has 1 amide bonds. The molecule has 1 aliphatic rings.